The van der Waals surface area contributed by atoms with E-state index in [2.05, 4.69) is 10.3 Å². The third-order valence-corrected chi connectivity index (χ3v) is 3.99. The van der Waals surface area contributed by atoms with Crippen LogP contribution in [0.25, 0.3) is 5.52 Å². The fourth-order valence-corrected chi connectivity index (χ4v) is 2.90. The lowest BCUT2D eigenvalue weighted by molar-refractivity contribution is 0.0693. The standard InChI is InChI=1S/C15H19N3O3/c1-21-11-5-6-12-13(15(19)20)17-14(18(12)9-11)10-4-2-3-7-16-8-10/h5-6,9-10,16H,2-4,7-8H2,1H3,(H,19,20). The Morgan fingerprint density at radius 1 is 1.48 bits per heavy atom. The van der Waals surface area contributed by atoms with Gasteiger partial charge in [-0.3, -0.25) is 4.40 Å². The third kappa shape index (κ3) is 2.58. The van der Waals surface area contributed by atoms with Crippen molar-refractivity contribution < 1.29 is 14.6 Å². The summed E-state index contributed by atoms with van der Waals surface area (Å²) >= 11 is 0. The average Bonchev–Trinajstić information content (AvgIpc) is 2.67. The number of fused-ring (bicyclic) bond motifs is 1. The van der Waals surface area contributed by atoms with Gasteiger partial charge < -0.3 is 15.2 Å². The molecule has 0 aromatic carbocycles. The van der Waals surface area contributed by atoms with E-state index in [0.29, 0.717) is 11.3 Å². The Morgan fingerprint density at radius 3 is 3.10 bits per heavy atom. The number of aromatic carboxylic acids is 1. The second-order valence-corrected chi connectivity index (χ2v) is 5.34. The highest BCUT2D eigenvalue weighted by Gasteiger charge is 2.23. The van der Waals surface area contributed by atoms with Gasteiger partial charge in [0.05, 0.1) is 18.8 Å². The zero-order chi connectivity index (χ0) is 14.8. The van der Waals surface area contributed by atoms with Crippen LogP contribution in [0.2, 0.25) is 0 Å². The van der Waals surface area contributed by atoms with Crippen molar-refractivity contribution >= 4 is 11.5 Å². The summed E-state index contributed by atoms with van der Waals surface area (Å²) in [5.74, 6) is 0.723. The van der Waals surface area contributed by atoms with E-state index in [1.165, 1.54) is 0 Å². The molecule has 1 aliphatic rings. The molecule has 1 saturated heterocycles. The molecule has 0 radical (unpaired) electrons. The maximum Gasteiger partial charge on any atom is 0.356 e. The molecule has 3 rings (SSSR count). The van der Waals surface area contributed by atoms with Crippen molar-refractivity contribution in [3.8, 4) is 5.75 Å². The quantitative estimate of drug-likeness (QED) is 0.902. The Labute approximate surface area is 122 Å². The summed E-state index contributed by atoms with van der Waals surface area (Å²) in [5.41, 5.74) is 0.722. The summed E-state index contributed by atoms with van der Waals surface area (Å²) in [5, 5.41) is 12.7. The molecule has 112 valence electrons. The first-order chi connectivity index (χ1) is 10.2. The number of hydrogen-bond donors (Lipinski definition) is 2. The van der Waals surface area contributed by atoms with Gasteiger partial charge in [0.15, 0.2) is 5.69 Å². The summed E-state index contributed by atoms with van der Waals surface area (Å²) < 4.78 is 7.11. The molecule has 3 heterocycles. The number of aromatic nitrogens is 2. The number of hydrogen-bond acceptors (Lipinski definition) is 4. The molecule has 6 heteroatoms. The monoisotopic (exact) mass is 289 g/mol. The van der Waals surface area contributed by atoms with Gasteiger partial charge in [0.2, 0.25) is 0 Å². The predicted molar refractivity (Wildman–Crippen MR) is 78.2 cm³/mol. The van der Waals surface area contributed by atoms with E-state index in [-0.39, 0.29) is 11.6 Å². The van der Waals surface area contributed by atoms with Crippen LogP contribution in [0.15, 0.2) is 18.3 Å². The predicted octanol–water partition coefficient (Wildman–Crippen LogP) is 1.90. The SMILES string of the molecule is COc1ccc2c(C(=O)O)nc(C3CCCCNC3)n2c1. The maximum absolute atomic E-state index is 11.4. The van der Waals surface area contributed by atoms with Gasteiger partial charge in [-0.05, 0) is 31.5 Å². The van der Waals surface area contributed by atoms with Crippen molar-refractivity contribution in [2.75, 3.05) is 20.2 Å². The molecule has 0 spiro atoms. The largest absolute Gasteiger partial charge is 0.495 e. The Kier molecular flexibility index (Phi) is 3.79. The summed E-state index contributed by atoms with van der Waals surface area (Å²) in [6.45, 7) is 1.84. The molecular formula is C15H19N3O3. The van der Waals surface area contributed by atoms with Crippen LogP contribution in [0, 0.1) is 0 Å². The highest BCUT2D eigenvalue weighted by Crippen LogP contribution is 2.27. The number of carboxylic acids is 1. The first kappa shape index (κ1) is 13.9. The number of nitrogens with zero attached hydrogens (tertiary/aromatic N) is 2. The molecule has 21 heavy (non-hydrogen) atoms. The number of carboxylic acid groups (broad SMARTS) is 1. The van der Waals surface area contributed by atoms with E-state index in [0.717, 1.165) is 38.2 Å². The smallest absolute Gasteiger partial charge is 0.356 e. The minimum atomic E-state index is -0.995. The molecule has 1 fully saturated rings. The van der Waals surface area contributed by atoms with Crippen molar-refractivity contribution in [3.05, 3.63) is 29.8 Å². The lowest BCUT2D eigenvalue weighted by Crippen LogP contribution is -2.20. The number of rotatable bonds is 3. The fraction of sp³-hybridized carbons (Fsp3) is 0.467. The van der Waals surface area contributed by atoms with E-state index < -0.39 is 5.97 Å². The summed E-state index contributed by atoms with van der Waals surface area (Å²) in [6, 6.07) is 3.52. The second-order valence-electron chi connectivity index (χ2n) is 5.34. The van der Waals surface area contributed by atoms with Gasteiger partial charge in [0.25, 0.3) is 0 Å². The van der Waals surface area contributed by atoms with Crippen molar-refractivity contribution in [3.63, 3.8) is 0 Å². The zero-order valence-corrected chi connectivity index (χ0v) is 12.0. The molecule has 1 aliphatic heterocycles. The minimum Gasteiger partial charge on any atom is -0.495 e. The van der Waals surface area contributed by atoms with Crippen molar-refractivity contribution in [1.29, 1.82) is 0 Å². The van der Waals surface area contributed by atoms with Crippen molar-refractivity contribution in [1.82, 2.24) is 14.7 Å². The van der Waals surface area contributed by atoms with Gasteiger partial charge in [-0.15, -0.1) is 0 Å². The number of nitrogens with one attached hydrogen (secondary N) is 1. The van der Waals surface area contributed by atoms with E-state index in [1.54, 1.807) is 19.2 Å². The minimum absolute atomic E-state index is 0.108. The molecule has 1 atom stereocenters. The topological polar surface area (TPSA) is 75.9 Å². The first-order valence-corrected chi connectivity index (χ1v) is 7.20. The molecule has 0 saturated carbocycles. The highest BCUT2D eigenvalue weighted by atomic mass is 16.5. The summed E-state index contributed by atoms with van der Waals surface area (Å²) in [6.07, 6.45) is 5.10. The number of pyridine rings is 1. The van der Waals surface area contributed by atoms with Gasteiger partial charge in [-0.1, -0.05) is 6.42 Å². The van der Waals surface area contributed by atoms with Gasteiger partial charge >= 0.3 is 5.97 Å². The second kappa shape index (κ2) is 5.73. The van der Waals surface area contributed by atoms with Crippen LogP contribution < -0.4 is 10.1 Å². The average molecular weight is 289 g/mol. The van der Waals surface area contributed by atoms with Crippen LogP contribution in [-0.4, -0.2) is 40.7 Å². The van der Waals surface area contributed by atoms with Gasteiger partial charge in [0.1, 0.15) is 11.6 Å². The summed E-state index contributed by atoms with van der Waals surface area (Å²) in [7, 11) is 1.60. The number of imidazole rings is 1. The van der Waals surface area contributed by atoms with Gasteiger partial charge in [-0.2, -0.15) is 0 Å². The zero-order valence-electron chi connectivity index (χ0n) is 12.0. The number of methoxy groups -OCH3 is 1. The number of ether oxygens (including phenoxy) is 1. The summed E-state index contributed by atoms with van der Waals surface area (Å²) in [4.78, 5) is 15.8. The van der Waals surface area contributed by atoms with Crippen LogP contribution in [0.3, 0.4) is 0 Å². The van der Waals surface area contributed by atoms with Gasteiger partial charge in [0, 0.05) is 12.5 Å². The maximum atomic E-state index is 11.4. The Morgan fingerprint density at radius 2 is 2.33 bits per heavy atom. The van der Waals surface area contributed by atoms with Crippen LogP contribution in [0.5, 0.6) is 5.75 Å². The first-order valence-electron chi connectivity index (χ1n) is 7.20. The van der Waals surface area contributed by atoms with Crippen molar-refractivity contribution in [2.24, 2.45) is 0 Å². The van der Waals surface area contributed by atoms with E-state index in [4.69, 9.17) is 4.74 Å². The van der Waals surface area contributed by atoms with E-state index in [1.807, 2.05) is 10.6 Å². The van der Waals surface area contributed by atoms with Crippen LogP contribution >= 0.6 is 0 Å². The Bertz CT molecular complexity index is 657. The lowest BCUT2D eigenvalue weighted by atomic mass is 10.0. The third-order valence-electron chi connectivity index (χ3n) is 3.99. The Balaban J connectivity index is 2.13. The Hall–Kier alpha value is -2.08. The van der Waals surface area contributed by atoms with Crippen LogP contribution in [0.1, 0.15) is 41.5 Å². The van der Waals surface area contributed by atoms with Gasteiger partial charge in [-0.25, -0.2) is 9.78 Å². The molecular weight excluding hydrogens is 270 g/mol. The molecule has 6 nitrogen and oxygen atoms in total. The fourth-order valence-electron chi connectivity index (χ4n) is 2.90. The molecule has 1 unspecified atom stereocenters. The normalized spacial score (nSPS) is 19.4. The lowest BCUT2D eigenvalue weighted by Gasteiger charge is -2.13. The van der Waals surface area contributed by atoms with Crippen molar-refractivity contribution in [2.45, 2.75) is 25.2 Å². The van der Waals surface area contributed by atoms with E-state index in [9.17, 15) is 9.90 Å². The molecule has 2 N–H and O–H groups in total. The molecule has 0 aliphatic carbocycles. The molecule has 2 aromatic rings. The van der Waals surface area contributed by atoms with Crippen LogP contribution in [0.4, 0.5) is 0 Å². The number of carbonyl (C=O) groups is 1. The van der Waals surface area contributed by atoms with Crippen LogP contribution in [-0.2, 0) is 0 Å². The molecule has 2 aromatic heterocycles. The van der Waals surface area contributed by atoms with E-state index >= 15 is 0 Å². The molecule has 0 bridgehead atoms. The highest BCUT2D eigenvalue weighted by molar-refractivity contribution is 5.93. The molecule has 0 amide bonds.